The molecule has 2 aromatic carbocycles. The lowest BCUT2D eigenvalue weighted by Gasteiger charge is -2.26. The van der Waals surface area contributed by atoms with Crippen LogP contribution in [-0.4, -0.2) is 83.8 Å². The average Bonchev–Trinajstić information content (AvgIpc) is 3.49. The molecule has 1 aliphatic heterocycles. The number of carbonyl (C=O) groups is 3. The van der Waals surface area contributed by atoms with Crippen molar-refractivity contribution in [2.75, 3.05) is 40.5 Å². The van der Waals surface area contributed by atoms with E-state index in [9.17, 15) is 19.5 Å². The van der Waals surface area contributed by atoms with Crippen LogP contribution in [0.25, 0.3) is 11.4 Å². The van der Waals surface area contributed by atoms with E-state index in [-0.39, 0.29) is 35.5 Å². The minimum Gasteiger partial charge on any atom is -0.465 e. The van der Waals surface area contributed by atoms with Gasteiger partial charge in [0.1, 0.15) is 11.5 Å². The van der Waals surface area contributed by atoms with E-state index in [4.69, 9.17) is 14.5 Å². The Bertz CT molecular complexity index is 1460. The predicted molar refractivity (Wildman–Crippen MR) is 168 cm³/mol. The van der Waals surface area contributed by atoms with Crippen LogP contribution < -0.4 is 5.32 Å². The first-order valence-corrected chi connectivity index (χ1v) is 15.4. The molecule has 0 radical (unpaired) electrons. The summed E-state index contributed by atoms with van der Waals surface area (Å²) in [6.45, 7) is 6.76. The highest BCUT2D eigenvalue weighted by Gasteiger charge is 2.28. The lowest BCUT2D eigenvalue weighted by molar-refractivity contribution is 0.0600. The number of fused-ring (bicyclic) bond motifs is 1. The third kappa shape index (κ3) is 7.43. The highest BCUT2D eigenvalue weighted by atomic mass is 16.5. The molecule has 0 spiro atoms. The second kappa shape index (κ2) is 15.7. The zero-order valence-corrected chi connectivity index (χ0v) is 26.2. The smallest absolute Gasteiger partial charge is 0.337 e. The molecular weight excluding hydrogens is 560 g/mol. The molecule has 10 heteroatoms. The third-order valence-electron chi connectivity index (χ3n) is 8.08. The summed E-state index contributed by atoms with van der Waals surface area (Å²) < 4.78 is 12.2. The van der Waals surface area contributed by atoms with Crippen molar-refractivity contribution in [3.63, 3.8) is 0 Å². The zero-order valence-electron chi connectivity index (χ0n) is 26.2. The van der Waals surface area contributed by atoms with E-state index in [0.717, 1.165) is 36.8 Å². The molecule has 0 aliphatic carbocycles. The van der Waals surface area contributed by atoms with Gasteiger partial charge in [0.25, 0.3) is 5.91 Å². The lowest BCUT2D eigenvalue weighted by atomic mass is 9.87. The van der Waals surface area contributed by atoms with Gasteiger partial charge in [0.05, 0.1) is 25.9 Å². The number of imidazole rings is 1. The van der Waals surface area contributed by atoms with Crippen LogP contribution >= 0.6 is 0 Å². The van der Waals surface area contributed by atoms with Crippen LogP contribution in [0.15, 0.2) is 42.6 Å². The topological polar surface area (TPSA) is 123 Å². The Hall–Kier alpha value is -3.86. The first-order chi connectivity index (χ1) is 21.4. The number of ketones is 1. The van der Waals surface area contributed by atoms with Gasteiger partial charge in [0, 0.05) is 62.2 Å². The number of ether oxygens (including phenoxy) is 2. The van der Waals surface area contributed by atoms with Crippen LogP contribution in [0.4, 0.5) is 0 Å². The Kier molecular flexibility index (Phi) is 11.8. The molecule has 0 bridgehead atoms. The molecule has 10 nitrogen and oxygen atoms in total. The number of nitrogens with zero attached hydrogens (tertiary/aromatic N) is 3. The van der Waals surface area contributed by atoms with Crippen molar-refractivity contribution in [2.24, 2.45) is 0 Å². The number of benzene rings is 2. The molecule has 44 heavy (non-hydrogen) atoms. The van der Waals surface area contributed by atoms with Gasteiger partial charge in [-0.25, -0.2) is 9.78 Å². The van der Waals surface area contributed by atoms with E-state index in [1.807, 2.05) is 21.6 Å². The molecule has 3 aromatic rings. The van der Waals surface area contributed by atoms with Gasteiger partial charge in [0.15, 0.2) is 5.78 Å². The number of hydrogen-bond donors (Lipinski definition) is 2. The number of amides is 1. The fourth-order valence-corrected chi connectivity index (χ4v) is 5.54. The highest BCUT2D eigenvalue weighted by molar-refractivity contribution is 6.14. The number of esters is 1. The summed E-state index contributed by atoms with van der Waals surface area (Å²) in [7, 11) is 2.90. The predicted octanol–water partition coefficient (Wildman–Crippen LogP) is 4.26. The molecule has 2 heterocycles. The van der Waals surface area contributed by atoms with E-state index in [2.05, 4.69) is 19.2 Å². The van der Waals surface area contributed by atoms with Crippen LogP contribution in [0.1, 0.15) is 87.4 Å². The molecular formula is C34H44N4O6. The summed E-state index contributed by atoms with van der Waals surface area (Å²) >= 11 is 0. The standard InChI is InChI=1S/C34H44N4O6/c1-5-7-14-37(15-8-6-2)33(41)30-21-38(16-17-43-3)32(36-30)27-13-12-23(34(42)44-4)18-29(27)31(40)26-11-9-10-24-20-35-25(22-39)19-28(24)26/h9-13,18,21,25,35,39H,5-8,14-17,19-20,22H2,1-4H3. The monoisotopic (exact) mass is 604 g/mol. The summed E-state index contributed by atoms with van der Waals surface area (Å²) in [4.78, 5) is 47.4. The molecule has 1 aliphatic rings. The highest BCUT2D eigenvalue weighted by Crippen LogP contribution is 2.30. The molecule has 1 aromatic heterocycles. The van der Waals surface area contributed by atoms with Crippen LogP contribution in [0.3, 0.4) is 0 Å². The molecule has 0 fully saturated rings. The Labute approximate surface area is 259 Å². The van der Waals surface area contributed by atoms with E-state index < -0.39 is 5.97 Å². The number of carbonyl (C=O) groups excluding carboxylic acids is 3. The van der Waals surface area contributed by atoms with Crippen LogP contribution in [0.5, 0.6) is 0 Å². The molecule has 1 atom stereocenters. The van der Waals surface area contributed by atoms with Crippen molar-refractivity contribution in [2.45, 2.75) is 65.1 Å². The molecule has 236 valence electrons. The average molecular weight is 605 g/mol. The number of rotatable bonds is 15. The van der Waals surface area contributed by atoms with Gasteiger partial charge in [0.2, 0.25) is 0 Å². The number of nitrogens with one attached hydrogen (secondary N) is 1. The van der Waals surface area contributed by atoms with Crippen molar-refractivity contribution in [1.82, 2.24) is 19.8 Å². The van der Waals surface area contributed by atoms with Gasteiger partial charge in [-0.3, -0.25) is 9.59 Å². The van der Waals surface area contributed by atoms with Crippen molar-refractivity contribution >= 4 is 17.7 Å². The largest absolute Gasteiger partial charge is 0.465 e. The van der Waals surface area contributed by atoms with Gasteiger partial charge >= 0.3 is 5.97 Å². The maximum Gasteiger partial charge on any atom is 0.337 e. The van der Waals surface area contributed by atoms with Crippen LogP contribution in [0.2, 0.25) is 0 Å². The van der Waals surface area contributed by atoms with Gasteiger partial charge < -0.3 is 29.4 Å². The summed E-state index contributed by atoms with van der Waals surface area (Å²) in [5, 5.41) is 13.1. The number of aliphatic hydroxyl groups is 1. The number of aliphatic hydroxyl groups excluding tert-OH is 1. The minimum absolute atomic E-state index is 0.0493. The lowest BCUT2D eigenvalue weighted by Crippen LogP contribution is -2.39. The van der Waals surface area contributed by atoms with Crippen molar-refractivity contribution in [3.8, 4) is 11.4 Å². The minimum atomic E-state index is -0.564. The van der Waals surface area contributed by atoms with Gasteiger partial charge in [-0.15, -0.1) is 0 Å². The summed E-state index contributed by atoms with van der Waals surface area (Å²) in [5.41, 5.74) is 3.66. The summed E-state index contributed by atoms with van der Waals surface area (Å²) in [6, 6.07) is 10.3. The second-order valence-electron chi connectivity index (χ2n) is 11.1. The quantitative estimate of drug-likeness (QED) is 0.195. The molecule has 2 N–H and O–H groups in total. The Morgan fingerprint density at radius 3 is 2.48 bits per heavy atom. The molecule has 4 rings (SSSR count). The summed E-state index contributed by atoms with van der Waals surface area (Å²) in [5.74, 6) is -0.548. The molecule has 1 unspecified atom stereocenters. The van der Waals surface area contributed by atoms with Gasteiger partial charge in [-0.05, 0) is 48.6 Å². The first kappa shape index (κ1) is 33.0. The van der Waals surface area contributed by atoms with Crippen molar-refractivity contribution in [3.05, 3.63) is 76.1 Å². The van der Waals surface area contributed by atoms with E-state index in [1.54, 1.807) is 37.6 Å². The molecule has 0 saturated carbocycles. The number of aromatic nitrogens is 2. The van der Waals surface area contributed by atoms with Crippen molar-refractivity contribution < 1.29 is 29.0 Å². The number of unbranched alkanes of at least 4 members (excludes halogenated alkanes) is 2. The fraction of sp³-hybridized carbons (Fsp3) is 0.471. The van der Waals surface area contributed by atoms with E-state index in [0.29, 0.717) is 61.9 Å². The maximum absolute atomic E-state index is 14.4. The van der Waals surface area contributed by atoms with Gasteiger partial charge in [-0.1, -0.05) is 44.9 Å². The maximum atomic E-state index is 14.4. The van der Waals surface area contributed by atoms with E-state index >= 15 is 0 Å². The normalized spacial score (nSPS) is 14.2. The van der Waals surface area contributed by atoms with E-state index in [1.165, 1.54) is 7.11 Å². The molecule has 0 saturated heterocycles. The summed E-state index contributed by atoms with van der Waals surface area (Å²) in [6.07, 6.45) is 5.96. The Morgan fingerprint density at radius 1 is 1.07 bits per heavy atom. The van der Waals surface area contributed by atoms with Crippen LogP contribution in [0, 0.1) is 0 Å². The molecule has 1 amide bonds. The Morgan fingerprint density at radius 2 is 1.82 bits per heavy atom. The van der Waals surface area contributed by atoms with Crippen LogP contribution in [-0.2, 0) is 29.0 Å². The third-order valence-corrected chi connectivity index (χ3v) is 8.08. The second-order valence-corrected chi connectivity index (χ2v) is 11.1. The SMILES string of the molecule is CCCCN(CCCC)C(=O)c1cn(CCOC)c(-c2ccc(C(=O)OC)cc2C(=O)c2cccc3c2CC(CO)NC3)n1. The Balaban J connectivity index is 1.85. The first-order valence-electron chi connectivity index (χ1n) is 15.4. The fourth-order valence-electron chi connectivity index (χ4n) is 5.54. The number of methoxy groups -OCH3 is 2. The van der Waals surface area contributed by atoms with Gasteiger partial charge in [-0.2, -0.15) is 0 Å². The van der Waals surface area contributed by atoms with Crippen molar-refractivity contribution in [1.29, 1.82) is 0 Å². The zero-order chi connectivity index (χ0) is 31.6. The number of hydrogen-bond acceptors (Lipinski definition) is 8.